The lowest BCUT2D eigenvalue weighted by molar-refractivity contribution is 0.242. The molecule has 0 radical (unpaired) electrons. The topological polar surface area (TPSA) is 15.3 Å². The molecular formula is C14H22Cl2N2. The van der Waals surface area contributed by atoms with Crippen LogP contribution in [0.2, 0.25) is 5.02 Å². The Morgan fingerprint density at radius 2 is 2.22 bits per heavy atom. The van der Waals surface area contributed by atoms with E-state index in [4.69, 9.17) is 11.6 Å². The molecule has 1 aromatic rings. The summed E-state index contributed by atoms with van der Waals surface area (Å²) in [6, 6.07) is 7.09. The number of nitrogens with zero attached hydrogens (tertiary/aromatic N) is 1. The summed E-state index contributed by atoms with van der Waals surface area (Å²) in [4.78, 5) is 2.55. The first kappa shape index (κ1) is 15.8. The van der Waals surface area contributed by atoms with E-state index in [9.17, 15) is 0 Å². The number of benzene rings is 1. The Kier molecular flexibility index (Phi) is 6.44. The number of halogens is 2. The second-order valence-electron chi connectivity index (χ2n) is 4.91. The van der Waals surface area contributed by atoms with Crippen molar-refractivity contribution in [1.82, 2.24) is 10.2 Å². The Balaban J connectivity index is 0.00000162. The molecule has 1 aliphatic heterocycles. The molecule has 1 aliphatic rings. The van der Waals surface area contributed by atoms with Gasteiger partial charge in [0.15, 0.2) is 0 Å². The van der Waals surface area contributed by atoms with Crippen LogP contribution in [-0.2, 0) is 6.54 Å². The van der Waals surface area contributed by atoms with Crippen molar-refractivity contribution in [3.63, 3.8) is 0 Å². The lowest BCUT2D eigenvalue weighted by Gasteiger charge is -2.24. The number of nitrogens with one attached hydrogen (secondary N) is 1. The van der Waals surface area contributed by atoms with Gasteiger partial charge in [0, 0.05) is 24.2 Å². The number of hydrogen-bond donors (Lipinski definition) is 1. The van der Waals surface area contributed by atoms with Crippen molar-refractivity contribution < 1.29 is 0 Å². The van der Waals surface area contributed by atoms with E-state index in [1.807, 2.05) is 14.0 Å². The summed E-state index contributed by atoms with van der Waals surface area (Å²) in [5, 5.41) is 4.16. The van der Waals surface area contributed by atoms with Gasteiger partial charge in [-0.1, -0.05) is 23.7 Å². The summed E-state index contributed by atoms with van der Waals surface area (Å²) < 4.78 is 0. The third-order valence-electron chi connectivity index (χ3n) is 3.56. The highest BCUT2D eigenvalue weighted by molar-refractivity contribution is 6.31. The van der Waals surface area contributed by atoms with Crippen molar-refractivity contribution in [1.29, 1.82) is 0 Å². The maximum Gasteiger partial charge on any atom is 0.0438 e. The van der Waals surface area contributed by atoms with Gasteiger partial charge in [-0.05, 0) is 50.6 Å². The van der Waals surface area contributed by atoms with Crippen LogP contribution in [-0.4, -0.2) is 31.1 Å². The minimum absolute atomic E-state index is 0. The van der Waals surface area contributed by atoms with Crippen molar-refractivity contribution >= 4 is 24.0 Å². The molecular weight excluding hydrogens is 267 g/mol. The normalized spacial score (nSPS) is 19.8. The SMILES string of the molecule is CNCC1CCCN1Cc1ccc(C)c(Cl)c1.Cl. The average molecular weight is 289 g/mol. The number of likely N-dealkylation sites (N-methyl/N-ethyl adjacent to an activating group) is 1. The van der Waals surface area contributed by atoms with E-state index in [1.54, 1.807) is 0 Å². The van der Waals surface area contributed by atoms with Gasteiger partial charge in [0.05, 0.1) is 0 Å². The summed E-state index contributed by atoms with van der Waals surface area (Å²) >= 11 is 6.17. The van der Waals surface area contributed by atoms with E-state index < -0.39 is 0 Å². The first-order valence-electron chi connectivity index (χ1n) is 6.34. The molecule has 1 fully saturated rings. The number of hydrogen-bond acceptors (Lipinski definition) is 2. The van der Waals surface area contributed by atoms with Crippen LogP contribution in [0.5, 0.6) is 0 Å². The molecule has 0 aromatic heterocycles. The predicted octanol–water partition coefficient (Wildman–Crippen LogP) is 3.25. The maximum atomic E-state index is 6.17. The van der Waals surface area contributed by atoms with Crippen molar-refractivity contribution in [3.8, 4) is 0 Å². The summed E-state index contributed by atoms with van der Waals surface area (Å²) in [6.07, 6.45) is 2.62. The monoisotopic (exact) mass is 288 g/mol. The van der Waals surface area contributed by atoms with Crippen LogP contribution < -0.4 is 5.32 Å². The largest absolute Gasteiger partial charge is 0.318 e. The van der Waals surface area contributed by atoms with Crippen LogP contribution in [0.1, 0.15) is 24.0 Å². The number of rotatable bonds is 4. The fourth-order valence-corrected chi connectivity index (χ4v) is 2.74. The molecule has 0 amide bonds. The van der Waals surface area contributed by atoms with Gasteiger partial charge in [-0.25, -0.2) is 0 Å². The highest BCUT2D eigenvalue weighted by Gasteiger charge is 2.23. The lowest BCUT2D eigenvalue weighted by Crippen LogP contribution is -2.36. The quantitative estimate of drug-likeness (QED) is 0.915. The molecule has 1 aromatic carbocycles. The van der Waals surface area contributed by atoms with Gasteiger partial charge >= 0.3 is 0 Å². The van der Waals surface area contributed by atoms with Crippen LogP contribution >= 0.6 is 24.0 Å². The van der Waals surface area contributed by atoms with E-state index in [-0.39, 0.29) is 12.4 Å². The zero-order valence-corrected chi connectivity index (χ0v) is 12.7. The van der Waals surface area contributed by atoms with E-state index >= 15 is 0 Å². The van der Waals surface area contributed by atoms with Gasteiger partial charge in [0.2, 0.25) is 0 Å². The Bertz CT molecular complexity index is 382. The van der Waals surface area contributed by atoms with Crippen LogP contribution in [0.25, 0.3) is 0 Å². The number of likely N-dealkylation sites (tertiary alicyclic amines) is 1. The van der Waals surface area contributed by atoms with Gasteiger partial charge in [-0.15, -0.1) is 12.4 Å². The van der Waals surface area contributed by atoms with Crippen LogP contribution in [0.3, 0.4) is 0 Å². The highest BCUT2D eigenvalue weighted by atomic mass is 35.5. The van der Waals surface area contributed by atoms with E-state index in [1.165, 1.54) is 24.9 Å². The molecule has 1 saturated heterocycles. The van der Waals surface area contributed by atoms with Crippen LogP contribution in [0.15, 0.2) is 18.2 Å². The van der Waals surface area contributed by atoms with Crippen LogP contribution in [0, 0.1) is 6.92 Å². The second-order valence-corrected chi connectivity index (χ2v) is 5.31. The Morgan fingerprint density at radius 3 is 2.89 bits per heavy atom. The van der Waals surface area contributed by atoms with E-state index in [0.29, 0.717) is 6.04 Å². The summed E-state index contributed by atoms with van der Waals surface area (Å²) in [7, 11) is 2.03. The summed E-state index contributed by atoms with van der Waals surface area (Å²) in [5.41, 5.74) is 2.48. The van der Waals surface area contributed by atoms with Gasteiger partial charge in [0.1, 0.15) is 0 Å². The molecule has 1 unspecified atom stereocenters. The van der Waals surface area contributed by atoms with E-state index in [2.05, 4.69) is 28.4 Å². The fourth-order valence-electron chi connectivity index (χ4n) is 2.54. The molecule has 0 spiro atoms. The van der Waals surface area contributed by atoms with Crippen molar-refractivity contribution in [3.05, 3.63) is 34.3 Å². The molecule has 1 heterocycles. The van der Waals surface area contributed by atoms with Crippen molar-refractivity contribution in [2.45, 2.75) is 32.4 Å². The molecule has 0 saturated carbocycles. The lowest BCUT2D eigenvalue weighted by atomic mass is 10.1. The molecule has 18 heavy (non-hydrogen) atoms. The molecule has 0 aliphatic carbocycles. The first-order valence-corrected chi connectivity index (χ1v) is 6.72. The molecule has 4 heteroatoms. The number of aryl methyl sites for hydroxylation is 1. The smallest absolute Gasteiger partial charge is 0.0438 e. The Labute approximate surface area is 121 Å². The standard InChI is InChI=1S/C14H21ClN2.ClH/c1-11-5-6-12(8-14(11)15)10-17-7-3-4-13(17)9-16-2;/h5-6,8,13,16H,3-4,7,9-10H2,1-2H3;1H. The van der Waals surface area contributed by atoms with Crippen LogP contribution in [0.4, 0.5) is 0 Å². The molecule has 2 nitrogen and oxygen atoms in total. The molecule has 1 atom stereocenters. The summed E-state index contributed by atoms with van der Waals surface area (Å²) in [5.74, 6) is 0. The average Bonchev–Trinajstić information content (AvgIpc) is 2.72. The molecule has 0 bridgehead atoms. The van der Waals surface area contributed by atoms with Crippen molar-refractivity contribution in [2.75, 3.05) is 20.1 Å². The zero-order valence-electron chi connectivity index (χ0n) is 11.1. The minimum Gasteiger partial charge on any atom is -0.318 e. The van der Waals surface area contributed by atoms with Gasteiger partial charge in [-0.3, -0.25) is 4.90 Å². The van der Waals surface area contributed by atoms with Gasteiger partial charge in [-0.2, -0.15) is 0 Å². The van der Waals surface area contributed by atoms with E-state index in [0.717, 1.165) is 23.7 Å². The minimum atomic E-state index is 0. The molecule has 1 N–H and O–H groups in total. The fraction of sp³-hybridized carbons (Fsp3) is 0.571. The van der Waals surface area contributed by atoms with Gasteiger partial charge in [0.25, 0.3) is 0 Å². The first-order chi connectivity index (χ1) is 8.20. The Morgan fingerprint density at radius 1 is 1.44 bits per heavy atom. The second kappa shape index (κ2) is 7.34. The third-order valence-corrected chi connectivity index (χ3v) is 3.97. The maximum absolute atomic E-state index is 6.17. The predicted molar refractivity (Wildman–Crippen MR) is 80.8 cm³/mol. The summed E-state index contributed by atoms with van der Waals surface area (Å²) in [6.45, 7) is 5.36. The van der Waals surface area contributed by atoms with Crippen molar-refractivity contribution in [2.24, 2.45) is 0 Å². The van der Waals surface area contributed by atoms with Gasteiger partial charge < -0.3 is 5.32 Å². The zero-order chi connectivity index (χ0) is 12.3. The Hall–Kier alpha value is -0.280. The molecule has 102 valence electrons. The highest BCUT2D eigenvalue weighted by Crippen LogP contribution is 2.22. The third kappa shape index (κ3) is 3.86. The molecule has 2 rings (SSSR count).